The molecular formula is C9H10N4O. The van der Waals surface area contributed by atoms with E-state index in [9.17, 15) is 0 Å². The van der Waals surface area contributed by atoms with Crippen LogP contribution >= 0.6 is 0 Å². The Morgan fingerprint density at radius 1 is 1.43 bits per heavy atom. The number of hydrazine groups is 1. The number of nitrogens with two attached hydrogens (primary N) is 1. The molecule has 0 spiro atoms. The van der Waals surface area contributed by atoms with Gasteiger partial charge in [0.1, 0.15) is 5.82 Å². The molecule has 2 aromatic heterocycles. The van der Waals surface area contributed by atoms with E-state index in [1.54, 1.807) is 18.5 Å². The minimum atomic E-state index is 0.531. The summed E-state index contributed by atoms with van der Waals surface area (Å²) in [6.45, 7) is 1.94. The van der Waals surface area contributed by atoms with E-state index in [2.05, 4.69) is 15.4 Å². The van der Waals surface area contributed by atoms with E-state index < -0.39 is 0 Å². The van der Waals surface area contributed by atoms with Gasteiger partial charge in [-0.3, -0.25) is 0 Å². The molecule has 5 heteroatoms. The normalized spacial score (nSPS) is 10.1. The molecule has 0 aromatic carbocycles. The lowest BCUT2D eigenvalue weighted by Crippen LogP contribution is -2.09. The Balaban J connectivity index is 2.47. The predicted molar refractivity (Wildman–Crippen MR) is 52.3 cm³/mol. The van der Waals surface area contributed by atoms with E-state index in [4.69, 9.17) is 10.3 Å². The van der Waals surface area contributed by atoms with Crippen LogP contribution in [0.15, 0.2) is 29.0 Å². The second kappa shape index (κ2) is 3.47. The average Bonchev–Trinajstić information content (AvgIpc) is 2.65. The topological polar surface area (TPSA) is 77.0 Å². The lowest BCUT2D eigenvalue weighted by molar-refractivity contribution is 0.575. The Kier molecular flexibility index (Phi) is 2.16. The van der Waals surface area contributed by atoms with Crippen molar-refractivity contribution in [2.75, 3.05) is 5.43 Å². The smallest absolute Gasteiger partial charge is 0.197 e. The summed E-state index contributed by atoms with van der Waals surface area (Å²) >= 11 is 0. The maximum absolute atomic E-state index is 5.26. The highest BCUT2D eigenvalue weighted by Gasteiger charge is 2.08. The minimum Gasteiger partial charge on any atom is -0.461 e. The zero-order valence-corrected chi connectivity index (χ0v) is 7.69. The highest BCUT2D eigenvalue weighted by Crippen LogP contribution is 2.20. The number of hydrogen-bond donors (Lipinski definition) is 2. The highest BCUT2D eigenvalue weighted by molar-refractivity contribution is 5.54. The number of nitrogen functional groups attached to an aromatic ring is 1. The summed E-state index contributed by atoms with van der Waals surface area (Å²) in [7, 11) is 0. The predicted octanol–water partition coefficient (Wildman–Crippen LogP) is 1.33. The third-order valence-electron chi connectivity index (χ3n) is 1.87. The molecule has 0 bridgehead atoms. The Hall–Kier alpha value is -1.88. The number of aryl methyl sites for hydroxylation is 1. The first-order valence-electron chi connectivity index (χ1n) is 4.15. The van der Waals surface area contributed by atoms with Crippen molar-refractivity contribution in [2.45, 2.75) is 6.92 Å². The molecule has 5 nitrogen and oxygen atoms in total. The van der Waals surface area contributed by atoms with Crippen molar-refractivity contribution in [3.05, 3.63) is 30.2 Å². The van der Waals surface area contributed by atoms with Crippen molar-refractivity contribution in [3.8, 4) is 11.6 Å². The van der Waals surface area contributed by atoms with E-state index in [-0.39, 0.29) is 0 Å². The molecule has 2 heterocycles. The van der Waals surface area contributed by atoms with Gasteiger partial charge in [-0.1, -0.05) is 0 Å². The standard InChI is InChI=1S/C9H10N4O/c1-6-3-5-14-8(6)9-11-4-2-7(12-9)13-10/h2-5H,10H2,1H3,(H,11,12,13). The molecule has 0 amide bonds. The number of nitrogens with one attached hydrogen (secondary N) is 1. The maximum Gasteiger partial charge on any atom is 0.197 e. The second-order valence-corrected chi connectivity index (χ2v) is 2.84. The third kappa shape index (κ3) is 1.45. The van der Waals surface area contributed by atoms with Crippen LogP contribution < -0.4 is 11.3 Å². The van der Waals surface area contributed by atoms with E-state index in [1.165, 1.54) is 0 Å². The fraction of sp³-hybridized carbons (Fsp3) is 0.111. The van der Waals surface area contributed by atoms with E-state index in [0.29, 0.717) is 17.4 Å². The molecule has 0 unspecified atom stereocenters. The van der Waals surface area contributed by atoms with Gasteiger partial charge in [-0.05, 0) is 18.6 Å². The molecule has 2 rings (SSSR count). The van der Waals surface area contributed by atoms with Crippen molar-refractivity contribution in [1.82, 2.24) is 9.97 Å². The molecule has 0 fully saturated rings. The van der Waals surface area contributed by atoms with E-state index in [0.717, 1.165) is 5.56 Å². The van der Waals surface area contributed by atoms with Crippen LogP contribution in [0.3, 0.4) is 0 Å². The first-order valence-corrected chi connectivity index (χ1v) is 4.15. The summed E-state index contributed by atoms with van der Waals surface area (Å²) in [4.78, 5) is 8.24. The van der Waals surface area contributed by atoms with Crippen molar-refractivity contribution in [2.24, 2.45) is 5.84 Å². The van der Waals surface area contributed by atoms with E-state index >= 15 is 0 Å². The Bertz CT molecular complexity index is 438. The van der Waals surface area contributed by atoms with Gasteiger partial charge in [0.25, 0.3) is 0 Å². The summed E-state index contributed by atoms with van der Waals surface area (Å²) in [6.07, 6.45) is 3.23. The second-order valence-electron chi connectivity index (χ2n) is 2.84. The van der Waals surface area contributed by atoms with Crippen LogP contribution in [0, 0.1) is 6.92 Å². The quantitative estimate of drug-likeness (QED) is 0.551. The summed E-state index contributed by atoms with van der Waals surface area (Å²) in [5.74, 6) is 7.00. The van der Waals surface area contributed by atoms with Crippen LogP contribution in [-0.2, 0) is 0 Å². The van der Waals surface area contributed by atoms with Gasteiger partial charge in [0, 0.05) is 12.3 Å². The van der Waals surface area contributed by atoms with Gasteiger partial charge in [-0.25, -0.2) is 15.8 Å². The molecule has 0 saturated carbocycles. The molecule has 0 radical (unpaired) electrons. The van der Waals surface area contributed by atoms with Gasteiger partial charge in [0.05, 0.1) is 6.26 Å². The van der Waals surface area contributed by atoms with Crippen molar-refractivity contribution < 1.29 is 4.42 Å². The molecule has 2 aromatic rings. The molecule has 0 aliphatic heterocycles. The molecule has 14 heavy (non-hydrogen) atoms. The van der Waals surface area contributed by atoms with Gasteiger partial charge < -0.3 is 9.84 Å². The molecule has 0 atom stereocenters. The lowest BCUT2D eigenvalue weighted by Gasteiger charge is -2.00. The number of anilines is 1. The third-order valence-corrected chi connectivity index (χ3v) is 1.87. The fourth-order valence-electron chi connectivity index (χ4n) is 1.15. The first-order chi connectivity index (χ1) is 6.81. The fourth-order valence-corrected chi connectivity index (χ4v) is 1.15. The van der Waals surface area contributed by atoms with E-state index in [1.807, 2.05) is 13.0 Å². The number of rotatable bonds is 2. The van der Waals surface area contributed by atoms with Gasteiger partial charge >= 0.3 is 0 Å². The van der Waals surface area contributed by atoms with Crippen LogP contribution in [0.2, 0.25) is 0 Å². The largest absolute Gasteiger partial charge is 0.461 e. The van der Waals surface area contributed by atoms with Crippen LogP contribution in [0.4, 0.5) is 5.82 Å². The molecule has 72 valence electrons. The zero-order chi connectivity index (χ0) is 9.97. The number of hydrogen-bond acceptors (Lipinski definition) is 5. The lowest BCUT2D eigenvalue weighted by atomic mass is 10.3. The van der Waals surface area contributed by atoms with Crippen LogP contribution in [0.1, 0.15) is 5.56 Å². The number of aromatic nitrogens is 2. The summed E-state index contributed by atoms with van der Waals surface area (Å²) < 4.78 is 5.26. The molecule has 0 aliphatic carbocycles. The van der Waals surface area contributed by atoms with Crippen molar-refractivity contribution in [3.63, 3.8) is 0 Å². The van der Waals surface area contributed by atoms with Crippen molar-refractivity contribution >= 4 is 5.82 Å². The Labute approximate surface area is 80.9 Å². The minimum absolute atomic E-state index is 0.531. The van der Waals surface area contributed by atoms with Gasteiger partial charge in [-0.2, -0.15) is 0 Å². The van der Waals surface area contributed by atoms with Gasteiger partial charge in [0.15, 0.2) is 11.6 Å². The summed E-state index contributed by atoms with van der Waals surface area (Å²) in [5.41, 5.74) is 3.46. The molecule has 3 N–H and O–H groups in total. The van der Waals surface area contributed by atoms with Crippen LogP contribution in [0.5, 0.6) is 0 Å². The van der Waals surface area contributed by atoms with Crippen LogP contribution in [-0.4, -0.2) is 9.97 Å². The van der Waals surface area contributed by atoms with Gasteiger partial charge in [0.2, 0.25) is 0 Å². The summed E-state index contributed by atoms with van der Waals surface area (Å²) in [5, 5.41) is 0. The Morgan fingerprint density at radius 2 is 2.29 bits per heavy atom. The van der Waals surface area contributed by atoms with Gasteiger partial charge in [-0.15, -0.1) is 0 Å². The maximum atomic E-state index is 5.26. The molecule has 0 aliphatic rings. The molecule has 0 saturated heterocycles. The first kappa shape index (κ1) is 8.71. The number of furan rings is 1. The summed E-state index contributed by atoms with van der Waals surface area (Å²) in [6, 6.07) is 3.54. The Morgan fingerprint density at radius 3 is 2.93 bits per heavy atom. The number of nitrogens with zero attached hydrogens (tertiary/aromatic N) is 2. The SMILES string of the molecule is Cc1ccoc1-c1nccc(NN)n1. The monoisotopic (exact) mass is 190 g/mol. The highest BCUT2D eigenvalue weighted by atomic mass is 16.3. The molecular weight excluding hydrogens is 180 g/mol. The van der Waals surface area contributed by atoms with Crippen molar-refractivity contribution in [1.29, 1.82) is 0 Å². The van der Waals surface area contributed by atoms with Crippen LogP contribution in [0.25, 0.3) is 11.6 Å². The zero-order valence-electron chi connectivity index (χ0n) is 7.69. The average molecular weight is 190 g/mol.